The Morgan fingerprint density at radius 3 is 2.58 bits per heavy atom. The van der Waals surface area contributed by atoms with Crippen molar-refractivity contribution in [3.63, 3.8) is 0 Å². The molecule has 2 heterocycles. The van der Waals surface area contributed by atoms with Gasteiger partial charge in [0.2, 0.25) is 0 Å². The van der Waals surface area contributed by atoms with Crippen LogP contribution in [0.15, 0.2) is 54.7 Å². The predicted molar refractivity (Wildman–Crippen MR) is 127 cm³/mol. The third-order valence-electron chi connectivity index (χ3n) is 5.99. The highest BCUT2D eigenvalue weighted by Gasteiger charge is 2.29. The number of piperidine rings is 1. The number of benzene rings is 2. The maximum Gasteiger partial charge on any atom is 0.259 e. The summed E-state index contributed by atoms with van der Waals surface area (Å²) in [5, 5.41) is 2.87. The molecule has 0 spiro atoms. The lowest BCUT2D eigenvalue weighted by atomic mass is 9.96. The zero-order chi connectivity index (χ0) is 23.4. The summed E-state index contributed by atoms with van der Waals surface area (Å²) in [5.41, 5.74) is 3.29. The Morgan fingerprint density at radius 1 is 1.06 bits per heavy atom. The molecule has 1 aliphatic heterocycles. The fraction of sp³-hybridized carbons (Fsp3) is 0.308. The van der Waals surface area contributed by atoms with Gasteiger partial charge in [0, 0.05) is 30.9 Å². The third-order valence-corrected chi connectivity index (χ3v) is 5.99. The van der Waals surface area contributed by atoms with Crippen LogP contribution in [0.2, 0.25) is 0 Å². The minimum Gasteiger partial charge on any atom is -0.496 e. The summed E-state index contributed by atoms with van der Waals surface area (Å²) in [6.07, 6.45) is 3.34. The molecule has 2 aromatic carbocycles. The predicted octanol–water partition coefficient (Wildman–Crippen LogP) is 4.37. The number of methoxy groups -OCH3 is 1. The maximum absolute atomic E-state index is 13.2. The second-order valence-corrected chi connectivity index (χ2v) is 8.29. The zero-order valence-electron chi connectivity index (χ0n) is 19.2. The van der Waals surface area contributed by atoms with E-state index >= 15 is 0 Å². The molecule has 7 heteroatoms. The van der Waals surface area contributed by atoms with Crippen LogP contribution in [-0.4, -0.2) is 46.9 Å². The average molecular weight is 445 g/mol. The van der Waals surface area contributed by atoms with E-state index in [1.807, 2.05) is 61.2 Å². The number of aromatic nitrogens is 2. The second kappa shape index (κ2) is 9.81. The molecule has 0 saturated carbocycles. The van der Waals surface area contributed by atoms with Crippen molar-refractivity contribution in [2.24, 2.45) is 0 Å². The van der Waals surface area contributed by atoms with Gasteiger partial charge >= 0.3 is 0 Å². The highest BCUT2D eigenvalue weighted by atomic mass is 16.5. The topological polar surface area (TPSA) is 84.4 Å². The van der Waals surface area contributed by atoms with Crippen LogP contribution in [0.4, 0.5) is 5.69 Å². The third kappa shape index (κ3) is 4.87. The van der Waals surface area contributed by atoms with Crippen LogP contribution in [-0.2, 0) is 0 Å². The first-order valence-corrected chi connectivity index (χ1v) is 11.1. The van der Waals surface area contributed by atoms with E-state index in [2.05, 4.69) is 15.3 Å². The summed E-state index contributed by atoms with van der Waals surface area (Å²) in [5.74, 6) is 1.01. The van der Waals surface area contributed by atoms with Gasteiger partial charge < -0.3 is 15.0 Å². The Labute approximate surface area is 193 Å². The minimum absolute atomic E-state index is 0.0171. The molecule has 0 radical (unpaired) electrons. The number of nitrogens with zero attached hydrogens (tertiary/aromatic N) is 3. The first kappa shape index (κ1) is 22.5. The fourth-order valence-electron chi connectivity index (χ4n) is 4.26. The van der Waals surface area contributed by atoms with Crippen molar-refractivity contribution >= 4 is 17.5 Å². The van der Waals surface area contributed by atoms with Crippen LogP contribution in [0, 0.1) is 13.8 Å². The van der Waals surface area contributed by atoms with Gasteiger partial charge in [0.05, 0.1) is 23.9 Å². The quantitative estimate of drug-likeness (QED) is 0.632. The van der Waals surface area contributed by atoms with Crippen molar-refractivity contribution in [2.75, 3.05) is 25.5 Å². The lowest BCUT2D eigenvalue weighted by molar-refractivity contribution is 0.0701. The summed E-state index contributed by atoms with van der Waals surface area (Å²) < 4.78 is 5.48. The Morgan fingerprint density at radius 2 is 1.85 bits per heavy atom. The molecule has 4 rings (SSSR count). The Balaban J connectivity index is 1.49. The second-order valence-electron chi connectivity index (χ2n) is 8.29. The number of hydrogen-bond donors (Lipinski definition) is 1. The normalized spacial score (nSPS) is 15.7. The van der Waals surface area contributed by atoms with Crippen LogP contribution in [0.1, 0.15) is 56.6 Å². The first-order valence-electron chi connectivity index (χ1n) is 11.1. The number of likely N-dealkylation sites (tertiary alicyclic amines) is 1. The number of hydrogen-bond acceptors (Lipinski definition) is 5. The summed E-state index contributed by atoms with van der Waals surface area (Å²) >= 11 is 0. The van der Waals surface area contributed by atoms with E-state index in [0.29, 0.717) is 41.5 Å². The summed E-state index contributed by atoms with van der Waals surface area (Å²) in [4.78, 5) is 36.9. The van der Waals surface area contributed by atoms with Crippen molar-refractivity contribution < 1.29 is 14.3 Å². The van der Waals surface area contributed by atoms with Gasteiger partial charge in [0.25, 0.3) is 11.8 Å². The molecule has 1 atom stereocenters. The van der Waals surface area contributed by atoms with Crippen molar-refractivity contribution in [1.82, 2.24) is 14.9 Å². The molecular weight excluding hydrogens is 416 g/mol. The van der Waals surface area contributed by atoms with Crippen LogP contribution < -0.4 is 10.1 Å². The molecule has 2 amide bonds. The van der Waals surface area contributed by atoms with Crippen molar-refractivity contribution in [2.45, 2.75) is 32.6 Å². The zero-order valence-corrected chi connectivity index (χ0v) is 19.2. The summed E-state index contributed by atoms with van der Waals surface area (Å²) in [6, 6.07) is 14.9. The lowest BCUT2D eigenvalue weighted by Gasteiger charge is -2.32. The summed E-state index contributed by atoms with van der Waals surface area (Å²) in [7, 11) is 1.59. The Kier molecular flexibility index (Phi) is 6.68. The van der Waals surface area contributed by atoms with E-state index in [9.17, 15) is 9.59 Å². The van der Waals surface area contributed by atoms with Crippen LogP contribution in [0.25, 0.3) is 0 Å². The smallest absolute Gasteiger partial charge is 0.259 e. The van der Waals surface area contributed by atoms with E-state index in [-0.39, 0.29) is 17.7 Å². The Hall–Kier alpha value is -3.74. The van der Waals surface area contributed by atoms with Gasteiger partial charge in [-0.2, -0.15) is 0 Å². The highest BCUT2D eigenvalue weighted by Crippen LogP contribution is 2.29. The van der Waals surface area contributed by atoms with Crippen LogP contribution in [0.3, 0.4) is 0 Å². The number of rotatable bonds is 5. The molecule has 33 heavy (non-hydrogen) atoms. The number of anilines is 1. The average Bonchev–Trinajstić information content (AvgIpc) is 2.84. The number of aryl methyl sites for hydroxylation is 2. The number of para-hydroxylation sites is 2. The molecule has 0 aliphatic carbocycles. The molecule has 1 aliphatic rings. The van der Waals surface area contributed by atoms with E-state index < -0.39 is 0 Å². The van der Waals surface area contributed by atoms with Crippen molar-refractivity contribution in [3.8, 4) is 5.75 Å². The molecular formula is C26H28N4O3. The number of amides is 2. The van der Waals surface area contributed by atoms with Gasteiger partial charge in [-0.3, -0.25) is 9.59 Å². The van der Waals surface area contributed by atoms with E-state index in [1.54, 1.807) is 19.4 Å². The van der Waals surface area contributed by atoms with Gasteiger partial charge in [-0.15, -0.1) is 0 Å². The Bertz CT molecular complexity index is 1160. The fourth-order valence-corrected chi connectivity index (χ4v) is 4.26. The van der Waals surface area contributed by atoms with Gasteiger partial charge in [-0.1, -0.05) is 30.3 Å². The van der Waals surface area contributed by atoms with Gasteiger partial charge in [0.15, 0.2) is 0 Å². The number of ether oxygens (including phenoxy) is 1. The SMILES string of the molecule is COc1c(C)cccc1C(=O)N1CCC[C@@H](c2ncc(C(=O)Nc3ccccc3)c(C)n2)C1. The van der Waals surface area contributed by atoms with Crippen LogP contribution >= 0.6 is 0 Å². The molecule has 3 aromatic rings. The van der Waals surface area contributed by atoms with Crippen molar-refractivity contribution in [3.05, 3.63) is 82.9 Å². The van der Waals surface area contributed by atoms with E-state index in [0.717, 1.165) is 24.1 Å². The summed E-state index contributed by atoms with van der Waals surface area (Å²) in [6.45, 7) is 4.96. The van der Waals surface area contributed by atoms with Gasteiger partial charge in [0.1, 0.15) is 11.6 Å². The lowest BCUT2D eigenvalue weighted by Crippen LogP contribution is -2.39. The molecule has 1 N–H and O–H groups in total. The number of nitrogens with one attached hydrogen (secondary N) is 1. The largest absolute Gasteiger partial charge is 0.496 e. The molecule has 1 aromatic heterocycles. The van der Waals surface area contributed by atoms with E-state index in [1.165, 1.54) is 0 Å². The molecule has 1 saturated heterocycles. The monoisotopic (exact) mass is 444 g/mol. The standard InChI is InChI=1S/C26H28N4O3/c1-17-9-7-13-21(23(17)33-3)26(32)30-14-8-10-19(16-30)24-27-15-22(18(2)28-24)25(31)29-20-11-5-4-6-12-20/h4-7,9,11-13,15,19H,8,10,14,16H2,1-3H3,(H,29,31)/t19-/m1/s1. The molecule has 1 fully saturated rings. The number of carbonyl (C=O) groups excluding carboxylic acids is 2. The minimum atomic E-state index is -0.239. The van der Waals surface area contributed by atoms with Gasteiger partial charge in [-0.05, 0) is 50.5 Å². The van der Waals surface area contributed by atoms with Crippen molar-refractivity contribution in [1.29, 1.82) is 0 Å². The maximum atomic E-state index is 13.2. The number of carbonyl (C=O) groups is 2. The molecule has 0 unspecified atom stereocenters. The van der Waals surface area contributed by atoms with Crippen LogP contribution in [0.5, 0.6) is 5.75 Å². The molecule has 0 bridgehead atoms. The van der Waals surface area contributed by atoms with E-state index in [4.69, 9.17) is 4.74 Å². The molecule has 170 valence electrons. The first-order chi connectivity index (χ1) is 16.0. The van der Waals surface area contributed by atoms with Gasteiger partial charge in [-0.25, -0.2) is 9.97 Å². The molecule has 7 nitrogen and oxygen atoms in total. The highest BCUT2D eigenvalue weighted by molar-refractivity contribution is 6.04.